The molecule has 0 atom stereocenters. The number of rotatable bonds is 5. The maximum Gasteiger partial charge on any atom is 0.255 e. The van der Waals surface area contributed by atoms with E-state index in [0.29, 0.717) is 16.6 Å². The molecule has 1 fully saturated rings. The van der Waals surface area contributed by atoms with Crippen molar-refractivity contribution in [3.05, 3.63) is 28.8 Å². The molecule has 18 heavy (non-hydrogen) atoms. The van der Waals surface area contributed by atoms with E-state index in [2.05, 4.69) is 15.9 Å². The van der Waals surface area contributed by atoms with Crippen LogP contribution in [0.1, 0.15) is 23.2 Å². The molecule has 1 aromatic rings. The number of nitrogens with zero attached hydrogens (tertiary/aromatic N) is 1. The summed E-state index contributed by atoms with van der Waals surface area (Å²) in [6.07, 6.45) is 4.21. The second-order valence-electron chi connectivity index (χ2n) is 4.26. The lowest BCUT2D eigenvalue weighted by Crippen LogP contribution is -2.34. The lowest BCUT2D eigenvalue weighted by atomic mass is 10.2. The van der Waals surface area contributed by atoms with Crippen LogP contribution in [0.3, 0.4) is 0 Å². The van der Waals surface area contributed by atoms with E-state index in [1.165, 1.54) is 0 Å². The first-order valence-corrected chi connectivity index (χ1v) is 8.60. The van der Waals surface area contributed by atoms with Crippen molar-refractivity contribution < 1.29 is 4.79 Å². The number of alkyl halides is 1. The van der Waals surface area contributed by atoms with Crippen LogP contribution in [-0.4, -0.2) is 35.0 Å². The average molecular weight is 349 g/mol. The Morgan fingerprint density at radius 3 is 2.83 bits per heavy atom. The molecule has 1 saturated carbocycles. The monoisotopic (exact) mass is 347 g/mol. The summed E-state index contributed by atoms with van der Waals surface area (Å²) in [5.74, 6) is 0.0536. The highest BCUT2D eigenvalue weighted by molar-refractivity contribution is 9.09. The van der Waals surface area contributed by atoms with Crippen LogP contribution in [0.5, 0.6) is 0 Å². The minimum Gasteiger partial charge on any atom is -0.335 e. The summed E-state index contributed by atoms with van der Waals surface area (Å²) in [6, 6.07) is 6.04. The average Bonchev–Trinajstić information content (AvgIpc) is 3.20. The van der Waals surface area contributed by atoms with Crippen molar-refractivity contribution in [3.8, 4) is 0 Å². The molecule has 1 aromatic carbocycles. The normalized spacial score (nSPS) is 14.6. The van der Waals surface area contributed by atoms with E-state index in [0.717, 1.165) is 29.6 Å². The summed E-state index contributed by atoms with van der Waals surface area (Å²) in [4.78, 5) is 15.5. The third-order valence-electron chi connectivity index (χ3n) is 2.98. The van der Waals surface area contributed by atoms with E-state index < -0.39 is 0 Å². The molecule has 2 nitrogen and oxygen atoms in total. The van der Waals surface area contributed by atoms with Crippen molar-refractivity contribution >= 4 is 45.2 Å². The number of halogens is 2. The van der Waals surface area contributed by atoms with Gasteiger partial charge in [0.1, 0.15) is 0 Å². The van der Waals surface area contributed by atoms with Crippen LogP contribution in [0, 0.1) is 0 Å². The molecule has 0 bridgehead atoms. The molecular weight excluding hydrogens is 334 g/mol. The number of carbonyl (C=O) groups excluding carboxylic acids is 1. The van der Waals surface area contributed by atoms with Crippen LogP contribution in [0.15, 0.2) is 23.1 Å². The van der Waals surface area contributed by atoms with E-state index >= 15 is 0 Å². The molecule has 0 heterocycles. The maximum atomic E-state index is 12.5. The van der Waals surface area contributed by atoms with Crippen LogP contribution >= 0.6 is 39.3 Å². The van der Waals surface area contributed by atoms with Gasteiger partial charge in [0, 0.05) is 22.8 Å². The SMILES string of the molecule is CSc1ccc(Cl)c(C(=O)N(CCBr)C2CC2)c1. The molecule has 0 aliphatic heterocycles. The van der Waals surface area contributed by atoms with Gasteiger partial charge < -0.3 is 4.90 Å². The Bertz CT molecular complexity index is 451. The summed E-state index contributed by atoms with van der Waals surface area (Å²) in [7, 11) is 0. The van der Waals surface area contributed by atoms with E-state index in [1.807, 2.05) is 23.3 Å². The zero-order chi connectivity index (χ0) is 13.1. The minimum atomic E-state index is 0.0536. The van der Waals surface area contributed by atoms with Crippen LogP contribution in [-0.2, 0) is 0 Å². The van der Waals surface area contributed by atoms with Crippen LogP contribution in [0.2, 0.25) is 5.02 Å². The third kappa shape index (κ3) is 3.22. The molecule has 0 spiro atoms. The highest BCUT2D eigenvalue weighted by atomic mass is 79.9. The highest BCUT2D eigenvalue weighted by Gasteiger charge is 2.33. The van der Waals surface area contributed by atoms with Crippen molar-refractivity contribution in [2.24, 2.45) is 0 Å². The fraction of sp³-hybridized carbons (Fsp3) is 0.462. The molecule has 1 aliphatic carbocycles. The quantitative estimate of drug-likeness (QED) is 0.591. The number of amides is 1. The molecule has 2 rings (SSSR count). The molecule has 98 valence electrons. The van der Waals surface area contributed by atoms with Crippen LogP contribution in [0.25, 0.3) is 0 Å². The molecule has 1 amide bonds. The van der Waals surface area contributed by atoms with E-state index in [1.54, 1.807) is 17.8 Å². The van der Waals surface area contributed by atoms with Gasteiger partial charge in [-0.2, -0.15) is 0 Å². The van der Waals surface area contributed by atoms with Crippen molar-refractivity contribution in [1.29, 1.82) is 0 Å². The standard InChI is InChI=1S/C13H15BrClNOS/c1-18-10-4-5-12(15)11(8-10)13(17)16(7-6-14)9-2-3-9/h4-5,8-9H,2-3,6-7H2,1H3. The zero-order valence-corrected chi connectivity index (χ0v) is 13.3. The number of hydrogen-bond acceptors (Lipinski definition) is 2. The Kier molecular flexibility index (Phi) is 4.98. The first-order chi connectivity index (χ1) is 8.67. The lowest BCUT2D eigenvalue weighted by Gasteiger charge is -2.22. The minimum absolute atomic E-state index is 0.0536. The predicted octanol–water partition coefficient (Wildman–Crippen LogP) is 4.06. The first kappa shape index (κ1) is 14.2. The van der Waals surface area contributed by atoms with E-state index in [9.17, 15) is 4.79 Å². The van der Waals surface area contributed by atoms with Gasteiger partial charge in [-0.25, -0.2) is 0 Å². The fourth-order valence-corrected chi connectivity index (χ4v) is 2.90. The Hall–Kier alpha value is -0.190. The number of benzene rings is 1. The van der Waals surface area contributed by atoms with Gasteiger partial charge in [0.05, 0.1) is 10.6 Å². The van der Waals surface area contributed by atoms with Gasteiger partial charge in [-0.3, -0.25) is 4.79 Å². The first-order valence-electron chi connectivity index (χ1n) is 5.88. The molecule has 5 heteroatoms. The van der Waals surface area contributed by atoms with Gasteiger partial charge in [0.25, 0.3) is 5.91 Å². The topological polar surface area (TPSA) is 20.3 Å². The molecule has 0 unspecified atom stereocenters. The van der Waals surface area contributed by atoms with Crippen LogP contribution in [0.4, 0.5) is 0 Å². The Morgan fingerprint density at radius 2 is 2.28 bits per heavy atom. The Labute approximate surface area is 125 Å². The van der Waals surface area contributed by atoms with Gasteiger partial charge in [-0.1, -0.05) is 27.5 Å². The number of hydrogen-bond donors (Lipinski definition) is 0. The molecule has 1 aliphatic rings. The highest BCUT2D eigenvalue weighted by Crippen LogP contribution is 2.31. The van der Waals surface area contributed by atoms with Gasteiger partial charge >= 0.3 is 0 Å². The van der Waals surface area contributed by atoms with Gasteiger partial charge in [-0.15, -0.1) is 11.8 Å². The lowest BCUT2D eigenvalue weighted by molar-refractivity contribution is 0.0754. The Morgan fingerprint density at radius 1 is 1.56 bits per heavy atom. The van der Waals surface area contributed by atoms with Gasteiger partial charge in [0.2, 0.25) is 0 Å². The second-order valence-corrected chi connectivity index (χ2v) is 6.34. The summed E-state index contributed by atoms with van der Waals surface area (Å²) in [5.41, 5.74) is 0.622. The number of carbonyl (C=O) groups is 1. The van der Waals surface area contributed by atoms with Gasteiger partial charge in [-0.05, 0) is 37.3 Å². The maximum absolute atomic E-state index is 12.5. The Balaban J connectivity index is 2.25. The second kappa shape index (κ2) is 6.31. The molecule has 0 radical (unpaired) electrons. The zero-order valence-electron chi connectivity index (χ0n) is 10.2. The van der Waals surface area contributed by atoms with Crippen molar-refractivity contribution in [2.75, 3.05) is 18.1 Å². The molecule has 0 saturated heterocycles. The van der Waals surface area contributed by atoms with Crippen molar-refractivity contribution in [1.82, 2.24) is 4.90 Å². The summed E-state index contributed by atoms with van der Waals surface area (Å²) >= 11 is 11.2. The largest absolute Gasteiger partial charge is 0.335 e. The summed E-state index contributed by atoms with van der Waals surface area (Å²) < 4.78 is 0. The summed E-state index contributed by atoms with van der Waals surface area (Å²) in [6.45, 7) is 0.739. The van der Waals surface area contributed by atoms with Crippen LogP contribution < -0.4 is 0 Å². The summed E-state index contributed by atoms with van der Waals surface area (Å²) in [5, 5.41) is 1.34. The predicted molar refractivity (Wildman–Crippen MR) is 81.1 cm³/mol. The number of thioether (sulfide) groups is 1. The van der Waals surface area contributed by atoms with Crippen molar-refractivity contribution in [3.63, 3.8) is 0 Å². The van der Waals surface area contributed by atoms with Gasteiger partial charge in [0.15, 0.2) is 0 Å². The third-order valence-corrected chi connectivity index (χ3v) is 4.39. The molecule has 0 aromatic heterocycles. The molecule has 0 N–H and O–H groups in total. The van der Waals surface area contributed by atoms with E-state index in [4.69, 9.17) is 11.6 Å². The fourth-order valence-electron chi connectivity index (χ4n) is 1.88. The van der Waals surface area contributed by atoms with E-state index in [-0.39, 0.29) is 5.91 Å². The van der Waals surface area contributed by atoms with Crippen molar-refractivity contribution in [2.45, 2.75) is 23.8 Å². The molecular formula is C13H15BrClNOS. The smallest absolute Gasteiger partial charge is 0.255 e.